The fourth-order valence-corrected chi connectivity index (χ4v) is 4.49. The van der Waals surface area contributed by atoms with E-state index in [-0.39, 0.29) is 15.7 Å². The first kappa shape index (κ1) is 17.5. The van der Waals surface area contributed by atoms with Crippen LogP contribution in [0.3, 0.4) is 0 Å². The molecule has 0 aliphatic carbocycles. The van der Waals surface area contributed by atoms with E-state index in [0.717, 1.165) is 5.39 Å². The summed E-state index contributed by atoms with van der Waals surface area (Å²) in [5.41, 5.74) is 0.410. The Hall–Kier alpha value is -2.89. The van der Waals surface area contributed by atoms with E-state index < -0.39 is 10.1 Å². The van der Waals surface area contributed by atoms with Gasteiger partial charge in [0.15, 0.2) is 12.0 Å². The van der Waals surface area contributed by atoms with Gasteiger partial charge in [-0.2, -0.15) is 8.42 Å². The maximum Gasteiger partial charge on any atom is 0.339 e. The van der Waals surface area contributed by atoms with Crippen molar-refractivity contribution < 1.29 is 17.4 Å². The molecule has 134 valence electrons. The van der Waals surface area contributed by atoms with Gasteiger partial charge in [0.25, 0.3) is 0 Å². The lowest BCUT2D eigenvalue weighted by Crippen LogP contribution is -2.11. The van der Waals surface area contributed by atoms with Gasteiger partial charge in [-0.05, 0) is 29.0 Å². The first-order valence-electron chi connectivity index (χ1n) is 8.10. The zero-order chi connectivity index (χ0) is 19.0. The monoisotopic (exact) mass is 396 g/mol. The second-order valence-corrected chi connectivity index (χ2v) is 7.87. The number of hydrogen-bond acceptors (Lipinski definition) is 4. The van der Waals surface area contributed by atoms with E-state index >= 15 is 0 Å². The Labute approximate surface area is 161 Å². The molecule has 0 fully saturated rings. The number of fused-ring (bicyclic) bond motifs is 2. The van der Waals surface area contributed by atoms with Crippen LogP contribution in [0.4, 0.5) is 0 Å². The van der Waals surface area contributed by atoms with Crippen LogP contribution in [-0.4, -0.2) is 14.7 Å². The third kappa shape index (κ3) is 3.05. The average Bonchev–Trinajstić information content (AvgIpc) is 2.69. The molecular weight excluding hydrogens is 384 g/mol. The van der Waals surface area contributed by atoms with Crippen LogP contribution >= 0.6 is 11.6 Å². The van der Waals surface area contributed by atoms with Crippen LogP contribution < -0.4 is 4.18 Å². The molecule has 0 radical (unpaired) electrons. The van der Waals surface area contributed by atoms with Crippen molar-refractivity contribution in [3.63, 3.8) is 0 Å². The van der Waals surface area contributed by atoms with Gasteiger partial charge in [-0.3, -0.25) is 4.79 Å². The zero-order valence-corrected chi connectivity index (χ0v) is 15.5. The summed E-state index contributed by atoms with van der Waals surface area (Å²) >= 11 is 6.23. The third-order valence-corrected chi connectivity index (χ3v) is 5.92. The molecule has 27 heavy (non-hydrogen) atoms. The van der Waals surface area contributed by atoms with E-state index in [1.807, 2.05) is 12.1 Å². The molecule has 0 atom stereocenters. The number of hydrogen-bond donors (Lipinski definition) is 0. The molecular formula is C21H13ClO4S. The second-order valence-electron chi connectivity index (χ2n) is 5.95. The largest absolute Gasteiger partial charge is 0.377 e. The van der Waals surface area contributed by atoms with Crippen molar-refractivity contribution in [2.24, 2.45) is 0 Å². The van der Waals surface area contributed by atoms with Crippen molar-refractivity contribution in [2.75, 3.05) is 0 Å². The normalized spacial score (nSPS) is 11.6. The van der Waals surface area contributed by atoms with Crippen LogP contribution in [0.15, 0.2) is 77.7 Å². The molecule has 0 saturated carbocycles. The molecule has 4 aromatic rings. The summed E-state index contributed by atoms with van der Waals surface area (Å²) in [7, 11) is -4.18. The van der Waals surface area contributed by atoms with E-state index in [9.17, 15) is 13.2 Å². The molecule has 0 N–H and O–H groups in total. The predicted octanol–water partition coefficient (Wildman–Crippen LogP) is 5.23. The van der Waals surface area contributed by atoms with Gasteiger partial charge in [0.05, 0.1) is 5.02 Å². The lowest BCUT2D eigenvalue weighted by molar-refractivity contribution is 0.112. The van der Waals surface area contributed by atoms with E-state index in [4.69, 9.17) is 15.8 Å². The molecule has 0 spiro atoms. The highest BCUT2D eigenvalue weighted by Gasteiger charge is 2.23. The summed E-state index contributed by atoms with van der Waals surface area (Å²) in [4.78, 5) is 11.2. The summed E-state index contributed by atoms with van der Waals surface area (Å²) in [6.07, 6.45) is 0.696. The van der Waals surface area contributed by atoms with Crippen LogP contribution in [0.25, 0.3) is 21.5 Å². The second kappa shape index (κ2) is 6.68. The molecule has 4 rings (SSSR count). The minimum Gasteiger partial charge on any atom is -0.377 e. The van der Waals surface area contributed by atoms with Gasteiger partial charge in [0.1, 0.15) is 4.90 Å². The fraction of sp³-hybridized carbons (Fsp3) is 0. The topological polar surface area (TPSA) is 60.4 Å². The third-order valence-electron chi connectivity index (χ3n) is 4.34. The summed E-state index contributed by atoms with van der Waals surface area (Å²) in [5.74, 6) is 0.0818. The molecule has 0 unspecified atom stereocenters. The molecule has 4 nitrogen and oxygen atoms in total. The van der Waals surface area contributed by atoms with Crippen LogP contribution in [0.2, 0.25) is 5.02 Å². The molecule has 0 aliphatic rings. The molecule has 4 aromatic carbocycles. The predicted molar refractivity (Wildman–Crippen MR) is 106 cm³/mol. The van der Waals surface area contributed by atoms with Crippen molar-refractivity contribution in [1.29, 1.82) is 0 Å². The number of benzene rings is 4. The van der Waals surface area contributed by atoms with Crippen molar-refractivity contribution in [3.8, 4) is 5.75 Å². The molecule has 6 heteroatoms. The molecule has 0 saturated heterocycles. The van der Waals surface area contributed by atoms with E-state index in [2.05, 4.69) is 0 Å². The maximum absolute atomic E-state index is 13.0. The van der Waals surface area contributed by atoms with Crippen molar-refractivity contribution in [2.45, 2.75) is 4.90 Å². The highest BCUT2D eigenvalue weighted by Crippen LogP contribution is 2.36. The van der Waals surface area contributed by atoms with Crippen molar-refractivity contribution in [3.05, 3.63) is 83.4 Å². The van der Waals surface area contributed by atoms with Crippen LogP contribution in [0.5, 0.6) is 5.75 Å². The van der Waals surface area contributed by atoms with Crippen molar-refractivity contribution >= 4 is 49.6 Å². The minimum absolute atomic E-state index is 0.0206. The lowest BCUT2D eigenvalue weighted by atomic mass is 10.1. The van der Waals surface area contributed by atoms with Gasteiger partial charge in [0.2, 0.25) is 0 Å². The Bertz CT molecular complexity index is 1300. The van der Waals surface area contributed by atoms with Crippen molar-refractivity contribution in [1.82, 2.24) is 0 Å². The Kier molecular flexibility index (Phi) is 4.34. The average molecular weight is 397 g/mol. The Balaban J connectivity index is 1.91. The SMILES string of the molecule is O=Cc1ccc(S(=O)(=O)Oc2c(Cl)ccc3ccccc23)c2ccccc12. The van der Waals surface area contributed by atoms with E-state index in [1.165, 1.54) is 12.1 Å². The maximum atomic E-state index is 13.0. The Morgan fingerprint density at radius 3 is 2.19 bits per heavy atom. The van der Waals surface area contributed by atoms with Gasteiger partial charge < -0.3 is 4.18 Å². The Morgan fingerprint density at radius 1 is 0.778 bits per heavy atom. The van der Waals surface area contributed by atoms with Gasteiger partial charge >= 0.3 is 10.1 Å². The lowest BCUT2D eigenvalue weighted by Gasteiger charge is -2.13. The quantitative estimate of drug-likeness (QED) is 0.350. The van der Waals surface area contributed by atoms with E-state index in [1.54, 1.807) is 48.5 Å². The van der Waals surface area contributed by atoms with Crippen LogP contribution in [0, 0.1) is 0 Å². The van der Waals surface area contributed by atoms with Gasteiger partial charge in [0, 0.05) is 16.3 Å². The summed E-state index contributed by atoms with van der Waals surface area (Å²) in [6.45, 7) is 0. The van der Waals surface area contributed by atoms with Gasteiger partial charge in [-0.1, -0.05) is 66.2 Å². The smallest absolute Gasteiger partial charge is 0.339 e. The molecule has 0 aliphatic heterocycles. The summed E-state index contributed by atoms with van der Waals surface area (Å²) < 4.78 is 31.5. The summed E-state index contributed by atoms with van der Waals surface area (Å²) in [5, 5.41) is 2.57. The summed E-state index contributed by atoms with van der Waals surface area (Å²) in [6, 6.07) is 20.3. The highest BCUT2D eigenvalue weighted by atomic mass is 35.5. The first-order chi connectivity index (χ1) is 13.0. The molecule has 0 aromatic heterocycles. The number of rotatable bonds is 4. The standard InChI is InChI=1S/C21H13ClO4S/c22-19-11-9-14-5-1-2-7-17(14)21(19)26-27(24,25)20-12-10-15(13-23)16-6-3-4-8-18(16)20/h1-13H. The minimum atomic E-state index is -4.18. The number of carbonyl (C=O) groups is 1. The first-order valence-corrected chi connectivity index (χ1v) is 9.88. The van der Waals surface area contributed by atoms with Gasteiger partial charge in [-0.25, -0.2) is 0 Å². The molecule has 0 amide bonds. The highest BCUT2D eigenvalue weighted by molar-refractivity contribution is 7.87. The zero-order valence-electron chi connectivity index (χ0n) is 13.9. The molecule has 0 bridgehead atoms. The number of aldehydes is 1. The number of halogens is 1. The Morgan fingerprint density at radius 2 is 1.44 bits per heavy atom. The number of carbonyl (C=O) groups excluding carboxylic acids is 1. The molecule has 0 heterocycles. The van der Waals surface area contributed by atoms with E-state index in [0.29, 0.717) is 28.0 Å². The van der Waals surface area contributed by atoms with Crippen LogP contribution in [-0.2, 0) is 10.1 Å². The van der Waals surface area contributed by atoms with Gasteiger partial charge in [-0.15, -0.1) is 0 Å². The van der Waals surface area contributed by atoms with Crippen LogP contribution in [0.1, 0.15) is 10.4 Å². The fourth-order valence-electron chi connectivity index (χ4n) is 3.07.